The summed E-state index contributed by atoms with van der Waals surface area (Å²) in [5.74, 6) is 2.26. The molecule has 0 aromatic carbocycles. The maximum absolute atomic E-state index is 12.6. The summed E-state index contributed by atoms with van der Waals surface area (Å²) in [6.07, 6.45) is 3.11. The minimum atomic E-state index is -0.228. The lowest BCUT2D eigenvalue weighted by Gasteiger charge is -2.22. The molecular formula is C23H30N6O2. The standard InChI is InChI=1S/C23H30N6O2/c1-16(2)14-19(25-23(30)20-8-5-13-31-20)22-27-26-21-9-10-28(11-12-29(21)22)15-18-7-4-6-17(3)24-18/h4-8,13,16,19H,9-12,14-15H2,1-3H3,(H,25,30)/t19-/m0/s1. The van der Waals surface area contributed by atoms with E-state index >= 15 is 0 Å². The third-order valence-corrected chi connectivity index (χ3v) is 5.55. The van der Waals surface area contributed by atoms with Crippen molar-refractivity contribution in [1.29, 1.82) is 0 Å². The molecule has 0 radical (unpaired) electrons. The van der Waals surface area contributed by atoms with Gasteiger partial charge in [0.15, 0.2) is 11.6 Å². The van der Waals surface area contributed by atoms with E-state index < -0.39 is 0 Å². The van der Waals surface area contributed by atoms with Gasteiger partial charge >= 0.3 is 0 Å². The number of nitrogens with zero attached hydrogens (tertiary/aromatic N) is 5. The van der Waals surface area contributed by atoms with E-state index in [1.165, 1.54) is 6.26 Å². The van der Waals surface area contributed by atoms with Gasteiger partial charge in [-0.3, -0.25) is 14.7 Å². The minimum absolute atomic E-state index is 0.219. The Morgan fingerprint density at radius 3 is 2.77 bits per heavy atom. The summed E-state index contributed by atoms with van der Waals surface area (Å²) < 4.78 is 7.44. The van der Waals surface area contributed by atoms with Gasteiger partial charge in [0.05, 0.1) is 18.0 Å². The van der Waals surface area contributed by atoms with Crippen molar-refractivity contribution in [2.45, 2.75) is 52.7 Å². The maximum atomic E-state index is 12.6. The summed E-state index contributed by atoms with van der Waals surface area (Å²) in [5.41, 5.74) is 2.12. The zero-order valence-electron chi connectivity index (χ0n) is 18.4. The molecule has 0 bridgehead atoms. The molecule has 1 amide bonds. The molecular weight excluding hydrogens is 392 g/mol. The van der Waals surface area contributed by atoms with Crippen molar-refractivity contribution in [3.8, 4) is 0 Å². The predicted molar refractivity (Wildman–Crippen MR) is 116 cm³/mol. The molecule has 4 heterocycles. The Morgan fingerprint density at radius 2 is 2.03 bits per heavy atom. The Kier molecular flexibility index (Phi) is 6.46. The molecule has 3 aromatic rings. The monoisotopic (exact) mass is 422 g/mol. The van der Waals surface area contributed by atoms with Gasteiger partial charge in [-0.2, -0.15) is 0 Å². The zero-order valence-corrected chi connectivity index (χ0v) is 18.4. The summed E-state index contributed by atoms with van der Waals surface area (Å²) in [6.45, 7) is 9.69. The summed E-state index contributed by atoms with van der Waals surface area (Å²) in [4.78, 5) is 19.7. The van der Waals surface area contributed by atoms with Gasteiger partial charge in [0.1, 0.15) is 5.82 Å². The van der Waals surface area contributed by atoms with Crippen LogP contribution in [0.25, 0.3) is 0 Å². The second kappa shape index (κ2) is 9.43. The lowest BCUT2D eigenvalue weighted by molar-refractivity contribution is 0.0900. The second-order valence-electron chi connectivity index (χ2n) is 8.56. The van der Waals surface area contributed by atoms with Gasteiger partial charge in [0, 0.05) is 38.3 Å². The van der Waals surface area contributed by atoms with Gasteiger partial charge in [-0.1, -0.05) is 19.9 Å². The second-order valence-corrected chi connectivity index (χ2v) is 8.56. The van der Waals surface area contributed by atoms with Crippen molar-refractivity contribution in [3.63, 3.8) is 0 Å². The first-order valence-corrected chi connectivity index (χ1v) is 10.9. The van der Waals surface area contributed by atoms with Crippen molar-refractivity contribution >= 4 is 5.91 Å². The number of fused-ring (bicyclic) bond motifs is 1. The fraction of sp³-hybridized carbons (Fsp3) is 0.478. The zero-order chi connectivity index (χ0) is 21.8. The van der Waals surface area contributed by atoms with Crippen molar-refractivity contribution in [1.82, 2.24) is 30.0 Å². The number of carbonyl (C=O) groups is 1. The topological polar surface area (TPSA) is 89.1 Å². The minimum Gasteiger partial charge on any atom is -0.459 e. The Morgan fingerprint density at radius 1 is 1.16 bits per heavy atom. The van der Waals surface area contributed by atoms with Gasteiger partial charge < -0.3 is 14.3 Å². The van der Waals surface area contributed by atoms with E-state index in [-0.39, 0.29) is 11.9 Å². The van der Waals surface area contributed by atoms with E-state index in [4.69, 9.17) is 4.42 Å². The van der Waals surface area contributed by atoms with E-state index in [0.29, 0.717) is 11.7 Å². The van der Waals surface area contributed by atoms with E-state index in [2.05, 4.69) is 55.9 Å². The number of aromatic nitrogens is 4. The van der Waals surface area contributed by atoms with Crippen LogP contribution < -0.4 is 5.32 Å². The molecule has 0 saturated carbocycles. The molecule has 0 aliphatic carbocycles. The molecule has 1 aliphatic rings. The number of nitrogens with one attached hydrogen (secondary N) is 1. The SMILES string of the molecule is Cc1cccc(CN2CCc3nnc([C@H](CC(C)C)NC(=O)c4ccco4)n3CC2)n1. The summed E-state index contributed by atoms with van der Waals surface area (Å²) in [5, 5.41) is 12.1. The van der Waals surface area contributed by atoms with E-state index in [1.54, 1.807) is 12.1 Å². The van der Waals surface area contributed by atoms with Crippen molar-refractivity contribution in [2.24, 2.45) is 5.92 Å². The van der Waals surface area contributed by atoms with Crippen LogP contribution in [0.4, 0.5) is 0 Å². The largest absolute Gasteiger partial charge is 0.459 e. The Labute approximate surface area is 182 Å². The summed E-state index contributed by atoms with van der Waals surface area (Å²) >= 11 is 0. The number of aryl methyl sites for hydroxylation is 1. The molecule has 0 unspecified atom stereocenters. The molecule has 0 fully saturated rings. The van der Waals surface area contributed by atoms with Crippen LogP contribution in [0.3, 0.4) is 0 Å². The number of amides is 1. The Hall–Kier alpha value is -3.00. The van der Waals surface area contributed by atoms with Crippen LogP contribution in [0.15, 0.2) is 41.0 Å². The number of furan rings is 1. The van der Waals surface area contributed by atoms with Crippen molar-refractivity contribution in [2.75, 3.05) is 13.1 Å². The number of hydrogen-bond donors (Lipinski definition) is 1. The molecule has 0 spiro atoms. The highest BCUT2D eigenvalue weighted by Crippen LogP contribution is 2.23. The van der Waals surface area contributed by atoms with Crippen LogP contribution in [0.1, 0.15) is 59.9 Å². The number of carbonyl (C=O) groups excluding carboxylic acids is 1. The lowest BCUT2D eigenvalue weighted by atomic mass is 10.0. The smallest absolute Gasteiger partial charge is 0.287 e. The first-order chi connectivity index (χ1) is 15.0. The van der Waals surface area contributed by atoms with Crippen molar-refractivity contribution in [3.05, 3.63) is 65.4 Å². The Balaban J connectivity index is 1.49. The maximum Gasteiger partial charge on any atom is 0.287 e. The number of pyridine rings is 1. The molecule has 0 saturated heterocycles. The quantitative estimate of drug-likeness (QED) is 0.629. The third kappa shape index (κ3) is 5.19. The summed E-state index contributed by atoms with van der Waals surface area (Å²) in [7, 11) is 0. The molecule has 8 nitrogen and oxygen atoms in total. The predicted octanol–water partition coefficient (Wildman–Crippen LogP) is 3.15. The third-order valence-electron chi connectivity index (χ3n) is 5.55. The molecule has 1 aliphatic heterocycles. The molecule has 31 heavy (non-hydrogen) atoms. The highest BCUT2D eigenvalue weighted by Gasteiger charge is 2.27. The van der Waals surface area contributed by atoms with Gasteiger partial charge in [0.2, 0.25) is 0 Å². The molecule has 3 aromatic heterocycles. The molecule has 1 N–H and O–H groups in total. The molecule has 164 valence electrons. The number of rotatable bonds is 7. The van der Waals surface area contributed by atoms with E-state index in [1.807, 2.05) is 13.0 Å². The molecule has 4 rings (SSSR count). The van der Waals surface area contributed by atoms with Gasteiger partial charge in [-0.25, -0.2) is 0 Å². The number of hydrogen-bond acceptors (Lipinski definition) is 6. The van der Waals surface area contributed by atoms with Crippen LogP contribution in [0, 0.1) is 12.8 Å². The first-order valence-electron chi connectivity index (χ1n) is 10.9. The highest BCUT2D eigenvalue weighted by molar-refractivity contribution is 5.91. The van der Waals surface area contributed by atoms with E-state index in [9.17, 15) is 4.79 Å². The van der Waals surface area contributed by atoms with E-state index in [0.717, 1.165) is 62.1 Å². The van der Waals surface area contributed by atoms with Crippen LogP contribution in [-0.2, 0) is 19.5 Å². The van der Waals surface area contributed by atoms with Gasteiger partial charge in [-0.05, 0) is 43.5 Å². The average molecular weight is 423 g/mol. The van der Waals surface area contributed by atoms with Crippen LogP contribution in [0.2, 0.25) is 0 Å². The molecule has 8 heteroatoms. The highest BCUT2D eigenvalue weighted by atomic mass is 16.3. The average Bonchev–Trinajstić information content (AvgIpc) is 3.36. The van der Waals surface area contributed by atoms with Gasteiger partial charge in [0.25, 0.3) is 5.91 Å². The fourth-order valence-electron chi connectivity index (χ4n) is 4.06. The normalized spacial score (nSPS) is 15.5. The molecule has 1 atom stereocenters. The van der Waals surface area contributed by atoms with Crippen LogP contribution >= 0.6 is 0 Å². The van der Waals surface area contributed by atoms with Crippen LogP contribution in [0.5, 0.6) is 0 Å². The Bertz CT molecular complexity index is 1010. The lowest BCUT2D eigenvalue weighted by Crippen LogP contribution is -2.32. The first kappa shape index (κ1) is 21.2. The van der Waals surface area contributed by atoms with Crippen LogP contribution in [-0.4, -0.2) is 43.6 Å². The fourth-order valence-corrected chi connectivity index (χ4v) is 4.06. The van der Waals surface area contributed by atoms with Gasteiger partial charge in [-0.15, -0.1) is 10.2 Å². The summed E-state index contributed by atoms with van der Waals surface area (Å²) in [6, 6.07) is 9.32. The van der Waals surface area contributed by atoms with Crippen molar-refractivity contribution < 1.29 is 9.21 Å².